The topological polar surface area (TPSA) is 39.1 Å². The smallest absolute Gasteiger partial charge is 0.202 e. The van der Waals surface area contributed by atoms with E-state index in [4.69, 9.17) is 4.74 Å². The Morgan fingerprint density at radius 2 is 2.19 bits per heavy atom. The molecule has 0 fully saturated rings. The van der Waals surface area contributed by atoms with Crippen LogP contribution in [0.5, 0.6) is 0 Å². The summed E-state index contributed by atoms with van der Waals surface area (Å²) in [6.07, 6.45) is 7.10. The quantitative estimate of drug-likeness (QED) is 0.656. The van der Waals surface area contributed by atoms with Crippen LogP contribution in [0.25, 0.3) is 0 Å². The van der Waals surface area contributed by atoms with Crippen molar-refractivity contribution >= 4 is 5.95 Å². The molecule has 0 aromatic carbocycles. The van der Waals surface area contributed by atoms with Crippen LogP contribution in [0.3, 0.4) is 0 Å². The number of hydrogen-bond acceptors (Lipinski definition) is 3. The van der Waals surface area contributed by atoms with Crippen molar-refractivity contribution in [3.05, 3.63) is 12.4 Å². The average molecular weight is 225 g/mol. The predicted octanol–water partition coefficient (Wildman–Crippen LogP) is 2.52. The molecule has 1 N–H and O–H groups in total. The van der Waals surface area contributed by atoms with Crippen molar-refractivity contribution in [2.24, 2.45) is 0 Å². The molecular formula is C12H23N3O. The molecule has 0 bridgehead atoms. The summed E-state index contributed by atoms with van der Waals surface area (Å²) >= 11 is 0. The van der Waals surface area contributed by atoms with Crippen molar-refractivity contribution < 1.29 is 4.74 Å². The second kappa shape index (κ2) is 8.16. The highest BCUT2D eigenvalue weighted by Crippen LogP contribution is 2.05. The number of rotatable bonds is 9. The molecule has 16 heavy (non-hydrogen) atoms. The first-order valence-corrected chi connectivity index (χ1v) is 6.21. The molecule has 0 unspecified atom stereocenters. The minimum atomic E-state index is 0.833. The third-order valence-corrected chi connectivity index (χ3v) is 2.28. The average Bonchev–Trinajstić information content (AvgIpc) is 2.74. The third-order valence-electron chi connectivity index (χ3n) is 2.28. The highest BCUT2D eigenvalue weighted by molar-refractivity contribution is 5.25. The van der Waals surface area contributed by atoms with Gasteiger partial charge in [-0.15, -0.1) is 0 Å². The summed E-state index contributed by atoms with van der Waals surface area (Å²) < 4.78 is 7.59. The molecule has 1 rings (SSSR count). The molecular weight excluding hydrogens is 202 g/mol. The highest BCUT2D eigenvalue weighted by atomic mass is 16.5. The first kappa shape index (κ1) is 13.0. The maximum Gasteiger partial charge on any atom is 0.202 e. The molecule has 0 aliphatic rings. The molecule has 0 spiro atoms. The zero-order valence-electron chi connectivity index (χ0n) is 10.4. The van der Waals surface area contributed by atoms with Gasteiger partial charge in [0.25, 0.3) is 0 Å². The Balaban J connectivity index is 2.22. The number of nitrogens with zero attached hydrogens (tertiary/aromatic N) is 2. The van der Waals surface area contributed by atoms with E-state index in [1.807, 2.05) is 12.4 Å². The van der Waals surface area contributed by atoms with Gasteiger partial charge in [-0.1, -0.05) is 13.8 Å². The molecule has 1 heterocycles. The van der Waals surface area contributed by atoms with E-state index < -0.39 is 0 Å². The van der Waals surface area contributed by atoms with E-state index >= 15 is 0 Å². The van der Waals surface area contributed by atoms with Crippen LogP contribution in [0.2, 0.25) is 0 Å². The van der Waals surface area contributed by atoms with Crippen molar-refractivity contribution in [3.8, 4) is 0 Å². The molecule has 0 saturated heterocycles. The molecule has 1 aromatic heterocycles. The highest BCUT2D eigenvalue weighted by Gasteiger charge is 2.00. The maximum atomic E-state index is 5.45. The molecule has 0 atom stereocenters. The van der Waals surface area contributed by atoms with E-state index in [0.29, 0.717) is 0 Å². The van der Waals surface area contributed by atoms with Gasteiger partial charge in [0.1, 0.15) is 0 Å². The van der Waals surface area contributed by atoms with Crippen LogP contribution in [0.1, 0.15) is 33.1 Å². The summed E-state index contributed by atoms with van der Waals surface area (Å²) in [5, 5.41) is 3.31. The van der Waals surface area contributed by atoms with E-state index in [2.05, 4.69) is 28.7 Å². The Bertz CT molecular complexity index is 273. The largest absolute Gasteiger partial charge is 0.381 e. The van der Waals surface area contributed by atoms with Gasteiger partial charge in [-0.2, -0.15) is 0 Å². The summed E-state index contributed by atoms with van der Waals surface area (Å²) in [5.74, 6) is 0.970. The second-order valence-corrected chi connectivity index (χ2v) is 3.84. The van der Waals surface area contributed by atoms with E-state index in [-0.39, 0.29) is 0 Å². The molecule has 1 aromatic rings. The van der Waals surface area contributed by atoms with Gasteiger partial charge in [0.05, 0.1) is 0 Å². The molecule has 0 aliphatic heterocycles. The molecule has 92 valence electrons. The molecule has 4 nitrogen and oxygen atoms in total. The molecule has 0 radical (unpaired) electrons. The van der Waals surface area contributed by atoms with Crippen molar-refractivity contribution in [2.75, 3.05) is 25.1 Å². The fourth-order valence-electron chi connectivity index (χ4n) is 1.48. The maximum absolute atomic E-state index is 5.45. The van der Waals surface area contributed by atoms with Crippen LogP contribution in [0, 0.1) is 0 Å². The summed E-state index contributed by atoms with van der Waals surface area (Å²) in [6.45, 7) is 7.92. The summed E-state index contributed by atoms with van der Waals surface area (Å²) in [5.41, 5.74) is 0. The summed E-state index contributed by atoms with van der Waals surface area (Å²) in [4.78, 5) is 4.28. The van der Waals surface area contributed by atoms with E-state index in [1.165, 1.54) is 0 Å². The van der Waals surface area contributed by atoms with Crippen LogP contribution < -0.4 is 5.32 Å². The molecule has 0 aliphatic carbocycles. The van der Waals surface area contributed by atoms with Gasteiger partial charge < -0.3 is 14.6 Å². The Kier molecular flexibility index (Phi) is 6.65. The second-order valence-electron chi connectivity index (χ2n) is 3.84. The Hall–Kier alpha value is -1.03. The van der Waals surface area contributed by atoms with E-state index in [0.717, 1.165) is 51.5 Å². The lowest BCUT2D eigenvalue weighted by Gasteiger charge is -2.09. The van der Waals surface area contributed by atoms with Crippen molar-refractivity contribution in [2.45, 2.75) is 39.7 Å². The first-order valence-electron chi connectivity index (χ1n) is 6.21. The van der Waals surface area contributed by atoms with Crippen LogP contribution in [-0.4, -0.2) is 29.3 Å². The summed E-state index contributed by atoms with van der Waals surface area (Å²) in [7, 11) is 0. The van der Waals surface area contributed by atoms with Gasteiger partial charge in [-0.25, -0.2) is 4.98 Å². The van der Waals surface area contributed by atoms with Crippen LogP contribution in [0.15, 0.2) is 12.4 Å². The number of aromatic nitrogens is 2. The zero-order valence-corrected chi connectivity index (χ0v) is 10.4. The Labute approximate surface area is 98.0 Å². The third kappa shape index (κ3) is 4.66. The van der Waals surface area contributed by atoms with E-state index in [9.17, 15) is 0 Å². The van der Waals surface area contributed by atoms with Gasteiger partial charge in [0.15, 0.2) is 0 Å². The minimum Gasteiger partial charge on any atom is -0.381 e. The van der Waals surface area contributed by atoms with E-state index in [1.54, 1.807) is 0 Å². The number of imidazole rings is 1. The lowest BCUT2D eigenvalue weighted by Crippen LogP contribution is -2.09. The van der Waals surface area contributed by atoms with Gasteiger partial charge in [0.2, 0.25) is 5.95 Å². The van der Waals surface area contributed by atoms with Crippen LogP contribution in [-0.2, 0) is 11.3 Å². The summed E-state index contributed by atoms with van der Waals surface area (Å²) in [6, 6.07) is 0. The SMILES string of the molecule is CCCNc1nccn1CCCOCCC. The minimum absolute atomic E-state index is 0.833. The number of aryl methyl sites for hydroxylation is 1. The van der Waals surface area contributed by atoms with Crippen LogP contribution in [0.4, 0.5) is 5.95 Å². The zero-order chi connectivity index (χ0) is 11.6. The molecule has 0 saturated carbocycles. The van der Waals surface area contributed by atoms with Gasteiger partial charge in [-0.3, -0.25) is 0 Å². The Morgan fingerprint density at radius 3 is 2.94 bits per heavy atom. The standard InChI is InChI=1S/C12H23N3O/c1-3-6-13-12-14-7-9-15(12)8-5-11-16-10-4-2/h7,9H,3-6,8,10-11H2,1-2H3,(H,13,14). The number of nitrogens with one attached hydrogen (secondary N) is 1. The van der Waals surface area contributed by atoms with Gasteiger partial charge >= 0.3 is 0 Å². The Morgan fingerprint density at radius 1 is 1.31 bits per heavy atom. The number of anilines is 1. The number of hydrogen-bond donors (Lipinski definition) is 1. The monoisotopic (exact) mass is 225 g/mol. The fourth-order valence-corrected chi connectivity index (χ4v) is 1.48. The van der Waals surface area contributed by atoms with Crippen molar-refractivity contribution in [1.29, 1.82) is 0 Å². The molecule has 0 amide bonds. The molecule has 4 heteroatoms. The lowest BCUT2D eigenvalue weighted by atomic mass is 10.4. The normalized spacial score (nSPS) is 10.6. The first-order chi connectivity index (χ1) is 7.88. The fraction of sp³-hybridized carbons (Fsp3) is 0.750. The lowest BCUT2D eigenvalue weighted by molar-refractivity contribution is 0.129. The van der Waals surface area contributed by atoms with Crippen molar-refractivity contribution in [3.63, 3.8) is 0 Å². The number of ether oxygens (including phenoxy) is 1. The van der Waals surface area contributed by atoms with Crippen LogP contribution >= 0.6 is 0 Å². The van der Waals surface area contributed by atoms with Gasteiger partial charge in [0, 0.05) is 38.7 Å². The predicted molar refractivity (Wildman–Crippen MR) is 66.7 cm³/mol. The van der Waals surface area contributed by atoms with Crippen molar-refractivity contribution in [1.82, 2.24) is 9.55 Å². The van der Waals surface area contributed by atoms with Gasteiger partial charge in [-0.05, 0) is 19.3 Å².